The minimum Gasteiger partial charge on any atom is -0.377 e. The highest BCUT2D eigenvalue weighted by Gasteiger charge is 1.90. The lowest BCUT2D eigenvalue weighted by atomic mass is 10.5. The fourth-order valence-electron chi connectivity index (χ4n) is 0.0913. The molecular formula is C3H9NO2. The van der Waals surface area contributed by atoms with Crippen molar-refractivity contribution in [2.45, 2.75) is 19.6 Å². The molecule has 0 saturated heterocycles. The molecule has 3 N–H and O–H groups in total. The zero-order valence-corrected chi connectivity index (χ0v) is 3.68. The number of aliphatic hydroxyl groups excluding tert-OH is 1. The zero-order valence-electron chi connectivity index (χ0n) is 3.68. The molecule has 0 aliphatic carbocycles. The predicted molar refractivity (Wildman–Crippen MR) is 21.2 cm³/mol. The molecule has 0 heterocycles. The van der Waals surface area contributed by atoms with Crippen molar-refractivity contribution in [1.82, 2.24) is 5.48 Å². The van der Waals surface area contributed by atoms with Crippen molar-refractivity contribution >= 4 is 0 Å². The van der Waals surface area contributed by atoms with Crippen LogP contribution in [0.1, 0.15) is 13.3 Å². The Labute approximate surface area is 36.6 Å². The van der Waals surface area contributed by atoms with Crippen molar-refractivity contribution in [3.8, 4) is 0 Å². The van der Waals surface area contributed by atoms with E-state index in [1.807, 2.05) is 0 Å². The Balaban J connectivity index is 2.75. The zero-order chi connectivity index (χ0) is 4.99. The van der Waals surface area contributed by atoms with E-state index in [1.165, 1.54) is 0 Å². The standard InChI is InChI=1S/C3H9NO2/c1-2-3(5)4-6/h3-6H,2H2,1H3/t3-/m0/s1. The van der Waals surface area contributed by atoms with Crippen LogP contribution in [0.5, 0.6) is 0 Å². The summed E-state index contributed by atoms with van der Waals surface area (Å²) < 4.78 is 0. The molecule has 0 amide bonds. The summed E-state index contributed by atoms with van der Waals surface area (Å²) in [7, 11) is 0. The maximum Gasteiger partial charge on any atom is 0.126 e. The molecular weight excluding hydrogens is 82.0 g/mol. The van der Waals surface area contributed by atoms with Gasteiger partial charge in [0.15, 0.2) is 0 Å². The molecule has 0 spiro atoms. The van der Waals surface area contributed by atoms with Crippen LogP contribution in [0.25, 0.3) is 0 Å². The lowest BCUT2D eigenvalue weighted by molar-refractivity contribution is 0.000371. The molecule has 0 rings (SSSR count). The monoisotopic (exact) mass is 91.1 g/mol. The van der Waals surface area contributed by atoms with Gasteiger partial charge >= 0.3 is 0 Å². The second-order valence-corrected chi connectivity index (χ2v) is 1.05. The third-order valence-electron chi connectivity index (χ3n) is 0.536. The average Bonchev–Trinajstić information content (AvgIpc) is 1.65. The van der Waals surface area contributed by atoms with E-state index in [-0.39, 0.29) is 0 Å². The van der Waals surface area contributed by atoms with Gasteiger partial charge in [0.2, 0.25) is 0 Å². The van der Waals surface area contributed by atoms with Gasteiger partial charge in [0.25, 0.3) is 0 Å². The highest BCUT2D eigenvalue weighted by Crippen LogP contribution is 1.77. The van der Waals surface area contributed by atoms with Gasteiger partial charge in [-0.25, -0.2) is 0 Å². The van der Waals surface area contributed by atoms with Gasteiger partial charge in [-0.3, -0.25) is 0 Å². The fraction of sp³-hybridized carbons (Fsp3) is 1.00. The predicted octanol–water partition coefficient (Wildman–Crippen LogP) is -0.306. The Morgan fingerprint density at radius 2 is 2.33 bits per heavy atom. The molecule has 1 atom stereocenters. The Morgan fingerprint density at radius 1 is 1.83 bits per heavy atom. The molecule has 0 bridgehead atoms. The average molecular weight is 91.1 g/mol. The number of rotatable bonds is 2. The van der Waals surface area contributed by atoms with E-state index >= 15 is 0 Å². The van der Waals surface area contributed by atoms with Gasteiger partial charge in [-0.05, 0) is 6.42 Å². The smallest absolute Gasteiger partial charge is 0.126 e. The van der Waals surface area contributed by atoms with Crippen LogP contribution in [0.3, 0.4) is 0 Å². The highest BCUT2D eigenvalue weighted by atomic mass is 16.5. The summed E-state index contributed by atoms with van der Waals surface area (Å²) in [4.78, 5) is 0. The first-order valence-electron chi connectivity index (χ1n) is 1.89. The Hall–Kier alpha value is -0.120. The van der Waals surface area contributed by atoms with Crippen molar-refractivity contribution in [2.75, 3.05) is 0 Å². The van der Waals surface area contributed by atoms with Crippen LogP contribution in [0.2, 0.25) is 0 Å². The van der Waals surface area contributed by atoms with Crippen LogP contribution in [-0.4, -0.2) is 16.5 Å². The Morgan fingerprint density at radius 3 is 2.33 bits per heavy atom. The molecule has 0 radical (unpaired) electrons. The maximum absolute atomic E-state index is 8.31. The summed E-state index contributed by atoms with van der Waals surface area (Å²) in [6.07, 6.45) is -0.235. The summed E-state index contributed by atoms with van der Waals surface area (Å²) in [5.41, 5.74) is 1.67. The van der Waals surface area contributed by atoms with E-state index in [1.54, 1.807) is 12.4 Å². The minimum absolute atomic E-state index is 0.524. The molecule has 6 heavy (non-hydrogen) atoms. The van der Waals surface area contributed by atoms with Crippen LogP contribution in [0, 0.1) is 0 Å². The van der Waals surface area contributed by atoms with Crippen LogP contribution < -0.4 is 5.48 Å². The molecule has 0 aromatic heterocycles. The first-order chi connectivity index (χ1) is 2.81. The topological polar surface area (TPSA) is 52.5 Å². The van der Waals surface area contributed by atoms with E-state index in [0.29, 0.717) is 6.42 Å². The summed E-state index contributed by atoms with van der Waals surface area (Å²) in [5.74, 6) is 0. The van der Waals surface area contributed by atoms with Crippen LogP contribution in [0.15, 0.2) is 0 Å². The molecule has 0 fully saturated rings. The molecule has 3 heteroatoms. The summed E-state index contributed by atoms with van der Waals surface area (Å²) in [5, 5.41) is 16.1. The largest absolute Gasteiger partial charge is 0.377 e. The summed E-state index contributed by atoms with van der Waals surface area (Å²) in [6.45, 7) is 1.76. The Bertz CT molecular complexity index is 28.0. The Kier molecular flexibility index (Phi) is 3.02. The van der Waals surface area contributed by atoms with Crippen LogP contribution >= 0.6 is 0 Å². The summed E-state index contributed by atoms with van der Waals surface area (Å²) in [6, 6.07) is 0. The van der Waals surface area contributed by atoms with Crippen molar-refractivity contribution < 1.29 is 10.3 Å². The van der Waals surface area contributed by atoms with Gasteiger partial charge in [-0.15, -0.1) is 0 Å². The lowest BCUT2D eigenvalue weighted by Gasteiger charge is -1.99. The van der Waals surface area contributed by atoms with Gasteiger partial charge in [0.05, 0.1) is 0 Å². The van der Waals surface area contributed by atoms with Gasteiger partial charge in [0, 0.05) is 0 Å². The van der Waals surface area contributed by atoms with Gasteiger partial charge in [-0.1, -0.05) is 6.92 Å². The van der Waals surface area contributed by atoms with E-state index in [0.717, 1.165) is 0 Å². The van der Waals surface area contributed by atoms with Crippen molar-refractivity contribution in [3.05, 3.63) is 0 Å². The van der Waals surface area contributed by atoms with E-state index in [2.05, 4.69) is 0 Å². The van der Waals surface area contributed by atoms with Crippen LogP contribution in [0.4, 0.5) is 0 Å². The number of aliphatic hydroxyl groups is 1. The first-order valence-corrected chi connectivity index (χ1v) is 1.89. The molecule has 0 aliphatic rings. The molecule has 0 aromatic carbocycles. The van der Waals surface area contributed by atoms with Gasteiger partial charge < -0.3 is 10.3 Å². The number of hydrogen-bond acceptors (Lipinski definition) is 3. The number of hydroxylamine groups is 1. The van der Waals surface area contributed by atoms with E-state index in [9.17, 15) is 0 Å². The molecule has 0 aliphatic heterocycles. The third kappa shape index (κ3) is 2.14. The SMILES string of the molecule is CC[C@H](O)NO. The normalized spacial score (nSPS) is 14.5. The first kappa shape index (κ1) is 5.88. The molecule has 0 unspecified atom stereocenters. The lowest BCUT2D eigenvalue weighted by Crippen LogP contribution is -2.23. The highest BCUT2D eigenvalue weighted by molar-refractivity contribution is 4.33. The van der Waals surface area contributed by atoms with Crippen molar-refractivity contribution in [3.63, 3.8) is 0 Å². The van der Waals surface area contributed by atoms with E-state index in [4.69, 9.17) is 10.3 Å². The second-order valence-electron chi connectivity index (χ2n) is 1.05. The van der Waals surface area contributed by atoms with Crippen molar-refractivity contribution in [2.24, 2.45) is 0 Å². The quantitative estimate of drug-likeness (QED) is 0.323. The molecule has 38 valence electrons. The van der Waals surface area contributed by atoms with Crippen molar-refractivity contribution in [1.29, 1.82) is 0 Å². The van der Waals surface area contributed by atoms with Gasteiger partial charge in [0.1, 0.15) is 6.23 Å². The molecule has 0 aromatic rings. The second kappa shape index (κ2) is 3.08. The minimum atomic E-state index is -0.759. The van der Waals surface area contributed by atoms with Gasteiger partial charge in [-0.2, -0.15) is 5.48 Å². The van der Waals surface area contributed by atoms with E-state index < -0.39 is 6.23 Å². The summed E-state index contributed by atoms with van der Waals surface area (Å²) >= 11 is 0. The number of nitrogens with one attached hydrogen (secondary N) is 1. The third-order valence-corrected chi connectivity index (χ3v) is 0.536. The number of hydrogen-bond donors (Lipinski definition) is 3. The fourth-order valence-corrected chi connectivity index (χ4v) is 0.0913. The maximum atomic E-state index is 8.31. The van der Waals surface area contributed by atoms with Crippen LogP contribution in [-0.2, 0) is 0 Å². The molecule has 0 saturated carbocycles. The molecule has 3 nitrogen and oxygen atoms in total.